The maximum Gasteiger partial charge on any atom is 0.162 e. The zero-order chi connectivity index (χ0) is 11.8. The second kappa shape index (κ2) is 7.86. The van der Waals surface area contributed by atoms with Crippen LogP contribution in [-0.4, -0.2) is 11.7 Å². The third kappa shape index (κ3) is 5.13. The average molecular weight is 304 g/mol. The standard InChI is InChI=1S/C13H16BrClO/c14-12-8-6-11(7-9-12)13(16)5-3-1-2-4-10-15/h6-9H,1-5,10H2. The molecule has 0 saturated carbocycles. The predicted octanol–water partition coefficient (Wildman–Crippen LogP) is 4.82. The fourth-order valence-electron chi connectivity index (χ4n) is 1.51. The first-order valence-corrected chi connectivity index (χ1v) is 6.91. The molecule has 1 nitrogen and oxygen atoms in total. The smallest absolute Gasteiger partial charge is 0.162 e. The topological polar surface area (TPSA) is 17.1 Å². The van der Waals surface area contributed by atoms with Crippen LogP contribution in [0, 0.1) is 0 Å². The van der Waals surface area contributed by atoms with Crippen molar-refractivity contribution in [2.24, 2.45) is 0 Å². The summed E-state index contributed by atoms with van der Waals surface area (Å²) in [7, 11) is 0. The summed E-state index contributed by atoms with van der Waals surface area (Å²) < 4.78 is 1.01. The van der Waals surface area contributed by atoms with Crippen molar-refractivity contribution in [1.29, 1.82) is 0 Å². The van der Waals surface area contributed by atoms with E-state index in [1.807, 2.05) is 24.3 Å². The van der Waals surface area contributed by atoms with Crippen LogP contribution >= 0.6 is 27.5 Å². The molecule has 1 aromatic carbocycles. The minimum absolute atomic E-state index is 0.235. The zero-order valence-corrected chi connectivity index (χ0v) is 11.6. The molecule has 0 saturated heterocycles. The molecule has 0 aliphatic carbocycles. The maximum absolute atomic E-state index is 11.7. The molecule has 0 N–H and O–H groups in total. The van der Waals surface area contributed by atoms with Gasteiger partial charge in [-0.05, 0) is 25.0 Å². The molecule has 0 unspecified atom stereocenters. The van der Waals surface area contributed by atoms with Gasteiger partial charge in [0.25, 0.3) is 0 Å². The van der Waals surface area contributed by atoms with Crippen LogP contribution < -0.4 is 0 Å². The molecule has 0 aliphatic rings. The molecule has 0 aromatic heterocycles. The van der Waals surface area contributed by atoms with E-state index >= 15 is 0 Å². The van der Waals surface area contributed by atoms with Crippen LogP contribution in [0.2, 0.25) is 0 Å². The average Bonchev–Trinajstić information content (AvgIpc) is 2.29. The molecule has 0 amide bonds. The fraction of sp³-hybridized carbons (Fsp3) is 0.462. The molecule has 0 fully saturated rings. The highest BCUT2D eigenvalue weighted by molar-refractivity contribution is 9.10. The van der Waals surface area contributed by atoms with Gasteiger partial charge in [-0.15, -0.1) is 11.6 Å². The lowest BCUT2D eigenvalue weighted by Gasteiger charge is -2.01. The molecular formula is C13H16BrClO. The van der Waals surface area contributed by atoms with E-state index in [0.29, 0.717) is 6.42 Å². The summed E-state index contributed by atoms with van der Waals surface area (Å²) in [6.07, 6.45) is 4.87. The summed E-state index contributed by atoms with van der Waals surface area (Å²) in [5.74, 6) is 0.957. The molecule has 0 radical (unpaired) electrons. The Hall–Kier alpha value is -0.340. The molecule has 0 spiro atoms. The van der Waals surface area contributed by atoms with Crippen LogP contribution in [0.5, 0.6) is 0 Å². The predicted molar refractivity (Wildman–Crippen MR) is 72.3 cm³/mol. The Labute approximate surface area is 110 Å². The first-order chi connectivity index (χ1) is 7.74. The van der Waals surface area contributed by atoms with E-state index in [1.54, 1.807) is 0 Å². The quantitative estimate of drug-likeness (QED) is 0.401. The molecule has 0 heterocycles. The lowest BCUT2D eigenvalue weighted by Crippen LogP contribution is -1.98. The van der Waals surface area contributed by atoms with Gasteiger partial charge in [-0.3, -0.25) is 4.79 Å². The number of ketones is 1. The second-order valence-corrected chi connectivity index (χ2v) is 5.08. The number of unbranched alkanes of at least 4 members (excludes halogenated alkanes) is 3. The Morgan fingerprint density at radius 1 is 1.06 bits per heavy atom. The number of hydrogen-bond acceptors (Lipinski definition) is 1. The van der Waals surface area contributed by atoms with E-state index in [0.717, 1.165) is 41.6 Å². The van der Waals surface area contributed by atoms with Gasteiger partial charge >= 0.3 is 0 Å². The number of rotatable bonds is 7. The molecule has 0 atom stereocenters. The van der Waals surface area contributed by atoms with Crippen LogP contribution in [-0.2, 0) is 0 Å². The number of halogens is 2. The zero-order valence-electron chi connectivity index (χ0n) is 9.22. The largest absolute Gasteiger partial charge is 0.294 e. The summed E-state index contributed by atoms with van der Waals surface area (Å²) >= 11 is 8.93. The number of Topliss-reactive ketones (excluding diaryl/α,β-unsaturated/α-hetero) is 1. The van der Waals surface area contributed by atoms with E-state index in [-0.39, 0.29) is 5.78 Å². The minimum Gasteiger partial charge on any atom is -0.294 e. The van der Waals surface area contributed by atoms with Crippen molar-refractivity contribution < 1.29 is 4.79 Å². The van der Waals surface area contributed by atoms with Crippen LogP contribution in [0.4, 0.5) is 0 Å². The van der Waals surface area contributed by atoms with Gasteiger partial charge in [0.05, 0.1) is 0 Å². The van der Waals surface area contributed by atoms with Crippen molar-refractivity contribution in [2.75, 3.05) is 5.88 Å². The minimum atomic E-state index is 0.235. The Morgan fingerprint density at radius 2 is 1.69 bits per heavy atom. The molecular weight excluding hydrogens is 287 g/mol. The van der Waals surface area contributed by atoms with Gasteiger partial charge in [0.15, 0.2) is 5.78 Å². The normalized spacial score (nSPS) is 10.4. The van der Waals surface area contributed by atoms with E-state index in [9.17, 15) is 4.79 Å². The van der Waals surface area contributed by atoms with Crippen molar-refractivity contribution in [1.82, 2.24) is 0 Å². The third-order valence-electron chi connectivity index (χ3n) is 2.45. The summed E-state index contributed by atoms with van der Waals surface area (Å²) in [6, 6.07) is 7.54. The monoisotopic (exact) mass is 302 g/mol. The van der Waals surface area contributed by atoms with Crippen molar-refractivity contribution in [3.8, 4) is 0 Å². The number of carbonyl (C=O) groups is 1. The summed E-state index contributed by atoms with van der Waals surface area (Å²) in [5, 5.41) is 0. The van der Waals surface area contributed by atoms with E-state index in [4.69, 9.17) is 11.6 Å². The highest BCUT2D eigenvalue weighted by Gasteiger charge is 2.04. The van der Waals surface area contributed by atoms with E-state index in [2.05, 4.69) is 15.9 Å². The van der Waals surface area contributed by atoms with Gasteiger partial charge in [-0.2, -0.15) is 0 Å². The van der Waals surface area contributed by atoms with Gasteiger partial charge in [-0.25, -0.2) is 0 Å². The summed E-state index contributed by atoms with van der Waals surface area (Å²) in [6.45, 7) is 0. The lowest BCUT2D eigenvalue weighted by atomic mass is 10.0. The number of carbonyl (C=O) groups excluding carboxylic acids is 1. The maximum atomic E-state index is 11.7. The second-order valence-electron chi connectivity index (χ2n) is 3.78. The van der Waals surface area contributed by atoms with Gasteiger partial charge in [0, 0.05) is 22.3 Å². The number of hydrogen-bond donors (Lipinski definition) is 0. The molecule has 1 aromatic rings. The van der Waals surface area contributed by atoms with Crippen molar-refractivity contribution >= 4 is 33.3 Å². The molecule has 16 heavy (non-hydrogen) atoms. The van der Waals surface area contributed by atoms with Crippen LogP contribution in [0.25, 0.3) is 0 Å². The Kier molecular flexibility index (Phi) is 6.74. The Morgan fingerprint density at radius 3 is 2.31 bits per heavy atom. The molecule has 1 rings (SSSR count). The van der Waals surface area contributed by atoms with Crippen molar-refractivity contribution in [2.45, 2.75) is 32.1 Å². The molecule has 88 valence electrons. The lowest BCUT2D eigenvalue weighted by molar-refractivity contribution is 0.0979. The van der Waals surface area contributed by atoms with Gasteiger partial charge < -0.3 is 0 Å². The highest BCUT2D eigenvalue weighted by Crippen LogP contribution is 2.13. The van der Waals surface area contributed by atoms with Gasteiger partial charge in [0.1, 0.15) is 0 Å². The number of alkyl halides is 1. The first-order valence-electron chi connectivity index (χ1n) is 5.59. The number of benzene rings is 1. The van der Waals surface area contributed by atoms with Crippen molar-refractivity contribution in [3.05, 3.63) is 34.3 Å². The van der Waals surface area contributed by atoms with Gasteiger partial charge in [0.2, 0.25) is 0 Å². The van der Waals surface area contributed by atoms with Crippen LogP contribution in [0.15, 0.2) is 28.7 Å². The van der Waals surface area contributed by atoms with Crippen molar-refractivity contribution in [3.63, 3.8) is 0 Å². The molecule has 3 heteroatoms. The van der Waals surface area contributed by atoms with Gasteiger partial charge in [-0.1, -0.05) is 40.9 Å². The van der Waals surface area contributed by atoms with E-state index < -0.39 is 0 Å². The van der Waals surface area contributed by atoms with Crippen LogP contribution in [0.3, 0.4) is 0 Å². The fourth-order valence-corrected chi connectivity index (χ4v) is 1.97. The summed E-state index contributed by atoms with van der Waals surface area (Å²) in [4.78, 5) is 11.7. The summed E-state index contributed by atoms with van der Waals surface area (Å²) in [5.41, 5.74) is 0.806. The third-order valence-corrected chi connectivity index (χ3v) is 3.25. The molecule has 0 aliphatic heterocycles. The Balaban J connectivity index is 2.27. The Bertz CT molecular complexity index is 321. The van der Waals surface area contributed by atoms with E-state index in [1.165, 1.54) is 0 Å². The highest BCUT2D eigenvalue weighted by atomic mass is 79.9. The SMILES string of the molecule is O=C(CCCCCCCl)c1ccc(Br)cc1. The molecule has 0 bridgehead atoms. The first kappa shape index (κ1) is 13.7. The van der Waals surface area contributed by atoms with Crippen LogP contribution in [0.1, 0.15) is 42.5 Å².